The van der Waals surface area contributed by atoms with Crippen molar-refractivity contribution in [2.75, 3.05) is 18.6 Å². The molecule has 3 aromatic carbocycles. The summed E-state index contributed by atoms with van der Waals surface area (Å²) in [7, 11) is 1.43. The van der Waals surface area contributed by atoms with E-state index in [0.717, 1.165) is 17.0 Å². The zero-order valence-electron chi connectivity index (χ0n) is 18.8. The Morgan fingerprint density at radius 2 is 1.83 bits per heavy atom. The molecule has 1 aromatic heterocycles. The smallest absolute Gasteiger partial charge is 0.263 e. The minimum Gasteiger partial charge on any atom is -0.508 e. The second kappa shape index (κ2) is 9.27. The maximum absolute atomic E-state index is 13.8. The van der Waals surface area contributed by atoms with Crippen LogP contribution in [0.15, 0.2) is 65.6 Å². The number of fused-ring (bicyclic) bond motifs is 1. The first kappa shape index (κ1) is 23.4. The third-order valence-corrected chi connectivity index (χ3v) is 5.47. The third kappa shape index (κ3) is 4.42. The van der Waals surface area contributed by atoms with Crippen molar-refractivity contribution >= 4 is 22.5 Å². The molecule has 0 saturated heterocycles. The number of aromatic nitrogens is 1. The molecule has 0 unspecified atom stereocenters. The first-order valence-electron chi connectivity index (χ1n) is 10.5. The number of methoxy groups -OCH3 is 1. The van der Waals surface area contributed by atoms with Crippen LogP contribution in [0.5, 0.6) is 11.5 Å². The van der Waals surface area contributed by atoms with Gasteiger partial charge < -0.3 is 19.3 Å². The van der Waals surface area contributed by atoms with Gasteiger partial charge >= 0.3 is 0 Å². The van der Waals surface area contributed by atoms with Gasteiger partial charge in [0.15, 0.2) is 0 Å². The van der Waals surface area contributed by atoms with Crippen molar-refractivity contribution in [1.82, 2.24) is 4.57 Å². The number of nitrogens with zero attached hydrogens (tertiary/aromatic N) is 3. The monoisotopic (exact) mass is 475 g/mol. The van der Waals surface area contributed by atoms with Crippen molar-refractivity contribution < 1.29 is 23.4 Å². The number of carbonyl (C=O) groups excluding carboxylic acids is 1. The molecule has 0 bridgehead atoms. The molecule has 0 atom stereocenters. The number of hydrogen-bond acceptors (Lipinski definition) is 5. The Labute approximate surface area is 198 Å². The fraction of sp³-hybridized carbons (Fsp3) is 0.115. The first-order valence-corrected chi connectivity index (χ1v) is 10.5. The summed E-state index contributed by atoms with van der Waals surface area (Å²) in [4.78, 5) is 27.9. The highest BCUT2D eigenvalue weighted by molar-refractivity contribution is 6.07. The standard InChI is InChI=1S/C26H19F2N3O4/c1-3-30(19-9-16(27)8-17(28)10-19)26(34)23-14-31(18-6-15(13-29)7-21(11-18)35-2)24-12-20(32)4-5-22(24)25(23)33/h4-12,14,32H,3H2,1-2H3. The van der Waals surface area contributed by atoms with Crippen LogP contribution in [0.2, 0.25) is 0 Å². The molecule has 0 aliphatic rings. The fourth-order valence-corrected chi connectivity index (χ4v) is 3.87. The van der Waals surface area contributed by atoms with Crippen molar-refractivity contribution in [3.05, 3.63) is 93.8 Å². The summed E-state index contributed by atoms with van der Waals surface area (Å²) in [6, 6.07) is 13.4. The number of ether oxygens (including phenoxy) is 1. The molecule has 4 aromatic rings. The van der Waals surface area contributed by atoms with Gasteiger partial charge in [-0.1, -0.05) is 0 Å². The summed E-state index contributed by atoms with van der Waals surface area (Å²) in [5, 5.41) is 19.6. The van der Waals surface area contributed by atoms with E-state index in [0.29, 0.717) is 17.5 Å². The number of nitriles is 1. The number of benzene rings is 3. The van der Waals surface area contributed by atoms with Gasteiger partial charge in [0.1, 0.15) is 28.7 Å². The van der Waals surface area contributed by atoms with Crippen molar-refractivity contribution in [3.8, 4) is 23.3 Å². The van der Waals surface area contributed by atoms with E-state index in [4.69, 9.17) is 4.74 Å². The van der Waals surface area contributed by atoms with E-state index in [1.165, 1.54) is 48.2 Å². The molecule has 0 radical (unpaired) electrons. The van der Waals surface area contributed by atoms with Gasteiger partial charge in [0.25, 0.3) is 5.91 Å². The van der Waals surface area contributed by atoms with Crippen LogP contribution in [0.4, 0.5) is 14.5 Å². The van der Waals surface area contributed by atoms with E-state index >= 15 is 0 Å². The van der Waals surface area contributed by atoms with Gasteiger partial charge in [-0.3, -0.25) is 9.59 Å². The van der Waals surface area contributed by atoms with Gasteiger partial charge in [-0.05, 0) is 43.3 Å². The lowest BCUT2D eigenvalue weighted by Gasteiger charge is -2.22. The number of phenolic OH excluding ortho intramolecular Hbond substituents is 1. The topological polar surface area (TPSA) is 95.6 Å². The van der Waals surface area contributed by atoms with Crippen LogP contribution in [0.1, 0.15) is 22.8 Å². The number of hydrogen-bond donors (Lipinski definition) is 1. The van der Waals surface area contributed by atoms with E-state index in [1.807, 2.05) is 6.07 Å². The van der Waals surface area contributed by atoms with Crippen molar-refractivity contribution in [1.29, 1.82) is 5.26 Å². The van der Waals surface area contributed by atoms with Crippen LogP contribution < -0.4 is 15.1 Å². The van der Waals surface area contributed by atoms with Gasteiger partial charge in [-0.25, -0.2) is 8.78 Å². The highest BCUT2D eigenvalue weighted by Gasteiger charge is 2.23. The largest absolute Gasteiger partial charge is 0.508 e. The van der Waals surface area contributed by atoms with Crippen molar-refractivity contribution in [2.45, 2.75) is 6.92 Å². The quantitative estimate of drug-likeness (QED) is 0.458. The average molecular weight is 475 g/mol. The molecular weight excluding hydrogens is 456 g/mol. The summed E-state index contributed by atoms with van der Waals surface area (Å²) in [6.07, 6.45) is 1.28. The predicted octanol–water partition coefficient (Wildman–Crippen LogP) is 4.52. The van der Waals surface area contributed by atoms with Crippen LogP contribution in [-0.4, -0.2) is 29.2 Å². The van der Waals surface area contributed by atoms with E-state index in [-0.39, 0.29) is 40.0 Å². The number of aromatic hydroxyl groups is 1. The average Bonchev–Trinajstić information content (AvgIpc) is 2.83. The number of amides is 1. The summed E-state index contributed by atoms with van der Waals surface area (Å²) < 4.78 is 34.4. The molecule has 0 saturated carbocycles. The molecule has 1 amide bonds. The predicted molar refractivity (Wildman–Crippen MR) is 126 cm³/mol. The molecule has 0 aliphatic heterocycles. The van der Waals surface area contributed by atoms with Crippen LogP contribution >= 0.6 is 0 Å². The zero-order valence-corrected chi connectivity index (χ0v) is 18.8. The highest BCUT2D eigenvalue weighted by atomic mass is 19.1. The Balaban J connectivity index is 1.99. The van der Waals surface area contributed by atoms with Gasteiger partial charge in [0.2, 0.25) is 5.43 Å². The molecule has 0 spiro atoms. The molecule has 35 heavy (non-hydrogen) atoms. The first-order chi connectivity index (χ1) is 16.7. The van der Waals surface area contributed by atoms with E-state index in [1.54, 1.807) is 13.0 Å². The second-order valence-corrected chi connectivity index (χ2v) is 7.65. The lowest BCUT2D eigenvalue weighted by Crippen LogP contribution is -2.35. The number of halogens is 2. The van der Waals surface area contributed by atoms with E-state index in [2.05, 4.69) is 0 Å². The van der Waals surface area contributed by atoms with E-state index in [9.17, 15) is 28.7 Å². The van der Waals surface area contributed by atoms with Crippen molar-refractivity contribution in [2.24, 2.45) is 0 Å². The third-order valence-electron chi connectivity index (χ3n) is 5.47. The molecule has 7 nitrogen and oxygen atoms in total. The minimum atomic E-state index is -0.863. The Morgan fingerprint density at radius 3 is 2.46 bits per heavy atom. The number of anilines is 1. The summed E-state index contributed by atoms with van der Waals surface area (Å²) in [5.74, 6) is -2.24. The van der Waals surface area contributed by atoms with Crippen molar-refractivity contribution in [3.63, 3.8) is 0 Å². The Kier molecular flexibility index (Phi) is 6.21. The normalized spacial score (nSPS) is 10.7. The fourth-order valence-electron chi connectivity index (χ4n) is 3.87. The zero-order chi connectivity index (χ0) is 25.3. The maximum atomic E-state index is 13.8. The van der Waals surface area contributed by atoms with Gasteiger partial charge in [-0.2, -0.15) is 5.26 Å². The maximum Gasteiger partial charge on any atom is 0.263 e. The number of rotatable bonds is 5. The molecule has 4 rings (SSSR count). The molecule has 9 heteroatoms. The lowest BCUT2D eigenvalue weighted by molar-refractivity contribution is 0.0987. The lowest BCUT2D eigenvalue weighted by atomic mass is 10.1. The second-order valence-electron chi connectivity index (χ2n) is 7.65. The van der Waals surface area contributed by atoms with E-state index < -0.39 is 23.0 Å². The number of pyridine rings is 1. The molecule has 0 fully saturated rings. The van der Waals surface area contributed by atoms with Crippen LogP contribution in [-0.2, 0) is 0 Å². The van der Waals surface area contributed by atoms with Crippen LogP contribution in [0, 0.1) is 23.0 Å². The van der Waals surface area contributed by atoms with Gasteiger partial charge in [0, 0.05) is 42.0 Å². The number of carbonyl (C=O) groups is 1. The highest BCUT2D eigenvalue weighted by Crippen LogP contribution is 2.27. The Morgan fingerprint density at radius 1 is 1.11 bits per heavy atom. The van der Waals surface area contributed by atoms with Crippen LogP contribution in [0.25, 0.3) is 16.6 Å². The SMILES string of the molecule is CCN(C(=O)c1cn(-c2cc(C#N)cc(OC)c2)c2cc(O)ccc2c1=O)c1cc(F)cc(F)c1. The summed E-state index contributed by atoms with van der Waals surface area (Å²) in [6.45, 7) is 1.64. The summed E-state index contributed by atoms with van der Waals surface area (Å²) >= 11 is 0. The van der Waals surface area contributed by atoms with Gasteiger partial charge in [-0.15, -0.1) is 0 Å². The Hall–Kier alpha value is -4.71. The van der Waals surface area contributed by atoms with Crippen LogP contribution in [0.3, 0.4) is 0 Å². The number of phenols is 1. The Bertz CT molecular complexity index is 1550. The molecular formula is C26H19F2N3O4. The molecule has 1 heterocycles. The molecule has 0 aliphatic carbocycles. The van der Waals surface area contributed by atoms with Gasteiger partial charge in [0.05, 0.1) is 29.9 Å². The minimum absolute atomic E-state index is 0.0342. The molecule has 176 valence electrons. The molecule has 1 N–H and O–H groups in total. The summed E-state index contributed by atoms with van der Waals surface area (Å²) in [5.41, 5.74) is 0.00880.